The number of hydrogen-bond donors (Lipinski definition) is 1. The number of benzene rings is 1. The van der Waals surface area contributed by atoms with E-state index in [-0.39, 0.29) is 18.2 Å². The molecule has 0 atom stereocenters. The average molecular weight is 277 g/mol. The summed E-state index contributed by atoms with van der Waals surface area (Å²) >= 11 is 0. The molecule has 1 heterocycles. The first-order valence-electron chi connectivity index (χ1n) is 4.22. The zero-order valence-corrected chi connectivity index (χ0v) is 10.1. The van der Waals surface area contributed by atoms with Crippen molar-refractivity contribution in [2.24, 2.45) is 5.14 Å². The highest BCUT2D eigenvalue weighted by molar-refractivity contribution is 7.84. The van der Waals surface area contributed by atoms with Gasteiger partial charge in [-0.25, -0.2) is 9.67 Å². The van der Waals surface area contributed by atoms with Gasteiger partial charge in [-0.1, -0.05) is 0 Å². The molecule has 0 amide bonds. The van der Waals surface area contributed by atoms with E-state index in [1.54, 1.807) is 12.1 Å². The van der Waals surface area contributed by atoms with Gasteiger partial charge in [-0.3, -0.25) is 0 Å². The van der Waals surface area contributed by atoms with E-state index in [4.69, 9.17) is 5.14 Å². The molecule has 0 saturated heterocycles. The quantitative estimate of drug-likeness (QED) is 0.867. The Bertz CT molecular complexity index is 567. The van der Waals surface area contributed by atoms with Crippen molar-refractivity contribution in [3.05, 3.63) is 36.9 Å². The molecule has 1 aromatic heterocycles. The highest BCUT2D eigenvalue weighted by Crippen LogP contribution is 2.15. The third kappa shape index (κ3) is 3.70. The molecule has 0 fully saturated rings. The molecule has 0 spiro atoms. The number of aromatic nitrogens is 3. The molecule has 7 nitrogen and oxygen atoms in total. The van der Waals surface area contributed by atoms with E-state index in [1.165, 1.54) is 29.5 Å². The third-order valence-corrected chi connectivity index (χ3v) is 2.16. The van der Waals surface area contributed by atoms with Crippen LogP contribution in [0, 0.1) is 0 Å². The fourth-order valence-corrected chi connectivity index (χ4v) is 1.51. The first-order valence-corrected chi connectivity index (χ1v) is 5.69. The lowest BCUT2D eigenvalue weighted by Crippen LogP contribution is -2.18. The van der Waals surface area contributed by atoms with Crippen LogP contribution in [0.15, 0.2) is 36.9 Å². The number of nitrogens with zero attached hydrogens (tertiary/aromatic N) is 3. The van der Waals surface area contributed by atoms with Crippen molar-refractivity contribution in [3.63, 3.8) is 0 Å². The summed E-state index contributed by atoms with van der Waals surface area (Å²) in [6, 6.07) is 6.22. The second kappa shape index (κ2) is 5.13. The Labute approximate surface area is 104 Å². The van der Waals surface area contributed by atoms with Gasteiger partial charge in [0.25, 0.3) is 0 Å². The number of nitrogens with two attached hydrogens (primary N) is 1. The van der Waals surface area contributed by atoms with Crippen LogP contribution in [0.4, 0.5) is 0 Å². The monoisotopic (exact) mass is 276 g/mol. The van der Waals surface area contributed by atoms with E-state index in [2.05, 4.69) is 14.3 Å². The van der Waals surface area contributed by atoms with Crippen molar-refractivity contribution in [3.8, 4) is 11.4 Å². The van der Waals surface area contributed by atoms with Crippen LogP contribution >= 0.6 is 12.4 Å². The molecule has 0 saturated carbocycles. The Morgan fingerprint density at radius 1 is 1.24 bits per heavy atom. The van der Waals surface area contributed by atoms with E-state index in [9.17, 15) is 8.42 Å². The van der Waals surface area contributed by atoms with Gasteiger partial charge in [0, 0.05) is 0 Å². The molecule has 0 aliphatic carbocycles. The Balaban J connectivity index is 0.00000144. The minimum Gasteiger partial charge on any atom is -0.371 e. The van der Waals surface area contributed by atoms with E-state index in [0.29, 0.717) is 0 Å². The molecule has 0 aliphatic heterocycles. The van der Waals surface area contributed by atoms with Gasteiger partial charge in [0.15, 0.2) is 0 Å². The van der Waals surface area contributed by atoms with Gasteiger partial charge in [0.2, 0.25) is 0 Å². The molecule has 1 aromatic carbocycles. The zero-order valence-electron chi connectivity index (χ0n) is 8.42. The number of rotatable bonds is 3. The summed E-state index contributed by atoms with van der Waals surface area (Å²) in [5, 5.41) is 8.64. The van der Waals surface area contributed by atoms with Crippen LogP contribution in [-0.4, -0.2) is 23.2 Å². The maximum Gasteiger partial charge on any atom is 0.380 e. The maximum absolute atomic E-state index is 10.6. The van der Waals surface area contributed by atoms with Crippen molar-refractivity contribution in [1.82, 2.24) is 14.8 Å². The molecule has 0 radical (unpaired) electrons. The second-order valence-electron chi connectivity index (χ2n) is 2.91. The minimum absolute atomic E-state index is 0. The Morgan fingerprint density at radius 3 is 2.35 bits per heavy atom. The van der Waals surface area contributed by atoms with Crippen LogP contribution < -0.4 is 9.32 Å². The van der Waals surface area contributed by atoms with Gasteiger partial charge >= 0.3 is 10.3 Å². The molecule has 17 heavy (non-hydrogen) atoms. The lowest BCUT2D eigenvalue weighted by atomic mass is 10.3. The lowest BCUT2D eigenvalue weighted by molar-refractivity contribution is 0.487. The molecular weight excluding hydrogens is 268 g/mol. The van der Waals surface area contributed by atoms with Crippen molar-refractivity contribution in [2.75, 3.05) is 0 Å². The van der Waals surface area contributed by atoms with E-state index in [1.807, 2.05) is 0 Å². The molecule has 0 unspecified atom stereocenters. The topological polar surface area (TPSA) is 100 Å². The highest BCUT2D eigenvalue weighted by Gasteiger charge is 2.04. The molecule has 0 aliphatic rings. The highest BCUT2D eigenvalue weighted by atomic mass is 35.5. The van der Waals surface area contributed by atoms with Gasteiger partial charge in [-0.15, -0.1) is 12.4 Å². The SMILES string of the molecule is Cl.NS(=O)(=O)Oc1ccc(-n2cncn2)cc1. The summed E-state index contributed by atoms with van der Waals surface area (Å²) in [5.74, 6) is 0.145. The first kappa shape index (κ1) is 13.4. The Morgan fingerprint density at radius 2 is 1.88 bits per heavy atom. The molecule has 92 valence electrons. The van der Waals surface area contributed by atoms with Crippen LogP contribution in [0.1, 0.15) is 0 Å². The summed E-state index contributed by atoms with van der Waals surface area (Å²) in [6.45, 7) is 0. The predicted octanol–water partition coefficient (Wildman–Crippen LogP) is 0.271. The van der Waals surface area contributed by atoms with Crippen LogP contribution in [0.5, 0.6) is 5.75 Å². The summed E-state index contributed by atoms with van der Waals surface area (Å²) in [5.41, 5.74) is 0.735. The molecular formula is C8H9ClN4O3S. The fourth-order valence-electron chi connectivity index (χ4n) is 1.13. The lowest BCUT2D eigenvalue weighted by Gasteiger charge is -2.03. The Kier molecular flexibility index (Phi) is 4.05. The summed E-state index contributed by atoms with van der Waals surface area (Å²) in [6.07, 6.45) is 2.92. The third-order valence-electron chi connectivity index (χ3n) is 1.73. The summed E-state index contributed by atoms with van der Waals surface area (Å²) < 4.78 is 27.3. The van der Waals surface area contributed by atoms with Gasteiger partial charge in [0.05, 0.1) is 5.69 Å². The number of hydrogen-bond acceptors (Lipinski definition) is 5. The molecule has 9 heteroatoms. The standard InChI is InChI=1S/C8H8N4O3S.ClH/c9-16(13,14)15-8-3-1-7(2-4-8)12-6-10-5-11-12;/h1-6H,(H2,9,13,14);1H. The molecule has 2 N–H and O–H groups in total. The van der Waals surface area contributed by atoms with E-state index in [0.717, 1.165) is 5.69 Å². The van der Waals surface area contributed by atoms with E-state index >= 15 is 0 Å². The van der Waals surface area contributed by atoms with Gasteiger partial charge in [-0.05, 0) is 24.3 Å². The smallest absolute Gasteiger partial charge is 0.371 e. The summed E-state index contributed by atoms with van der Waals surface area (Å²) in [7, 11) is -3.98. The van der Waals surface area contributed by atoms with Crippen molar-refractivity contribution >= 4 is 22.7 Å². The van der Waals surface area contributed by atoms with Crippen LogP contribution in [0.25, 0.3) is 5.69 Å². The number of halogens is 1. The van der Waals surface area contributed by atoms with Gasteiger partial charge in [-0.2, -0.15) is 18.7 Å². The van der Waals surface area contributed by atoms with Gasteiger partial charge in [0.1, 0.15) is 18.4 Å². The first-order chi connectivity index (χ1) is 7.54. The van der Waals surface area contributed by atoms with Crippen LogP contribution in [0.3, 0.4) is 0 Å². The van der Waals surface area contributed by atoms with Crippen molar-refractivity contribution in [1.29, 1.82) is 0 Å². The summed E-state index contributed by atoms with van der Waals surface area (Å²) in [4.78, 5) is 3.79. The molecule has 0 bridgehead atoms. The zero-order chi connectivity index (χ0) is 11.6. The average Bonchev–Trinajstić information content (AvgIpc) is 2.69. The second-order valence-corrected chi connectivity index (χ2v) is 4.06. The maximum atomic E-state index is 10.6. The normalized spacial score (nSPS) is 10.6. The van der Waals surface area contributed by atoms with Crippen LogP contribution in [0.2, 0.25) is 0 Å². The Hall–Kier alpha value is -1.64. The van der Waals surface area contributed by atoms with Crippen molar-refractivity contribution in [2.45, 2.75) is 0 Å². The minimum atomic E-state index is -3.98. The fraction of sp³-hybridized carbons (Fsp3) is 0. The van der Waals surface area contributed by atoms with E-state index < -0.39 is 10.3 Å². The van der Waals surface area contributed by atoms with Crippen LogP contribution in [-0.2, 0) is 10.3 Å². The predicted molar refractivity (Wildman–Crippen MR) is 62.3 cm³/mol. The molecule has 2 rings (SSSR count). The molecule has 2 aromatic rings. The largest absolute Gasteiger partial charge is 0.380 e. The van der Waals surface area contributed by atoms with Crippen molar-refractivity contribution < 1.29 is 12.6 Å². The van der Waals surface area contributed by atoms with Gasteiger partial charge < -0.3 is 4.18 Å².